The molecule has 0 fully saturated rings. The number of nitrogens with one attached hydrogen (secondary N) is 2. The predicted molar refractivity (Wildman–Crippen MR) is 103 cm³/mol. The summed E-state index contributed by atoms with van der Waals surface area (Å²) in [6.45, 7) is 0.293. The average molecular weight is 414 g/mol. The molecule has 0 saturated carbocycles. The first-order valence-electron chi connectivity index (χ1n) is 8.35. The van der Waals surface area contributed by atoms with Crippen molar-refractivity contribution >= 4 is 32.9 Å². The smallest absolute Gasteiger partial charge is 0.317 e. The highest BCUT2D eigenvalue weighted by Crippen LogP contribution is 2.30. The van der Waals surface area contributed by atoms with E-state index in [0.717, 1.165) is 22.0 Å². The van der Waals surface area contributed by atoms with Gasteiger partial charge in [-0.3, -0.25) is 19.0 Å². The van der Waals surface area contributed by atoms with E-state index in [1.165, 1.54) is 4.57 Å². The fourth-order valence-electron chi connectivity index (χ4n) is 3.51. The summed E-state index contributed by atoms with van der Waals surface area (Å²) in [5, 5.41) is 2.88. The van der Waals surface area contributed by atoms with Crippen LogP contribution in [0.1, 0.15) is 28.4 Å². The molecule has 1 amide bonds. The first-order chi connectivity index (χ1) is 12.5. The molecule has 7 heteroatoms. The molecule has 26 heavy (non-hydrogen) atoms. The average Bonchev–Trinajstić information content (AvgIpc) is 2.64. The summed E-state index contributed by atoms with van der Waals surface area (Å²) in [6, 6.07) is 12.4. The first kappa shape index (κ1) is 16.8. The van der Waals surface area contributed by atoms with Crippen LogP contribution in [0.5, 0.6) is 0 Å². The van der Waals surface area contributed by atoms with Crippen molar-refractivity contribution in [1.82, 2.24) is 14.9 Å². The summed E-state index contributed by atoms with van der Waals surface area (Å²) in [5.74, 6) is -0.193. The Kier molecular flexibility index (Phi) is 4.24. The van der Waals surface area contributed by atoms with E-state index in [1.54, 1.807) is 30.3 Å². The number of aromatic amines is 1. The van der Waals surface area contributed by atoms with Gasteiger partial charge in [0.2, 0.25) is 0 Å². The van der Waals surface area contributed by atoms with Gasteiger partial charge in [0, 0.05) is 16.6 Å². The van der Waals surface area contributed by atoms with E-state index in [2.05, 4.69) is 26.2 Å². The lowest BCUT2D eigenvalue weighted by Gasteiger charge is -2.27. The topological polar surface area (TPSA) is 84.0 Å². The SMILES string of the molecule is O=C(NCC1CCc2cc(Br)cc3[nH]c(=O)c(=O)n1c23)c1ccccc1. The van der Waals surface area contributed by atoms with Crippen molar-refractivity contribution in [3.63, 3.8) is 0 Å². The molecule has 132 valence electrons. The minimum atomic E-state index is -0.650. The van der Waals surface area contributed by atoms with Gasteiger partial charge in [-0.25, -0.2) is 0 Å². The zero-order chi connectivity index (χ0) is 18.3. The quantitative estimate of drug-likeness (QED) is 0.646. The third-order valence-corrected chi connectivity index (χ3v) is 5.16. The van der Waals surface area contributed by atoms with Crippen LogP contribution in [0.3, 0.4) is 0 Å². The van der Waals surface area contributed by atoms with Crippen LogP contribution in [0.25, 0.3) is 11.0 Å². The molecule has 6 nitrogen and oxygen atoms in total. The minimum Gasteiger partial charge on any atom is -0.350 e. The van der Waals surface area contributed by atoms with Crippen molar-refractivity contribution < 1.29 is 4.79 Å². The second-order valence-corrected chi connectivity index (χ2v) is 7.27. The summed E-state index contributed by atoms with van der Waals surface area (Å²) in [6.07, 6.45) is 1.45. The Balaban J connectivity index is 1.71. The lowest BCUT2D eigenvalue weighted by molar-refractivity contribution is 0.0946. The van der Waals surface area contributed by atoms with Crippen molar-refractivity contribution in [2.24, 2.45) is 0 Å². The van der Waals surface area contributed by atoms with Crippen molar-refractivity contribution in [2.75, 3.05) is 6.54 Å². The summed E-state index contributed by atoms with van der Waals surface area (Å²) in [4.78, 5) is 39.5. The maximum absolute atomic E-state index is 12.5. The number of hydrogen-bond donors (Lipinski definition) is 2. The Bertz CT molecular complexity index is 1120. The maximum Gasteiger partial charge on any atom is 0.317 e. The third-order valence-electron chi connectivity index (χ3n) is 4.70. The number of halogens is 1. The molecule has 0 radical (unpaired) electrons. The summed E-state index contributed by atoms with van der Waals surface area (Å²) >= 11 is 3.44. The largest absolute Gasteiger partial charge is 0.350 e. The predicted octanol–water partition coefficient (Wildman–Crippen LogP) is 2.37. The Morgan fingerprint density at radius 1 is 1.23 bits per heavy atom. The van der Waals surface area contributed by atoms with E-state index < -0.39 is 11.1 Å². The molecular weight excluding hydrogens is 398 g/mol. The standard InChI is InChI=1S/C19H16BrN3O3/c20-13-8-12-6-7-14(10-21-17(24)11-4-2-1-3-5-11)23-16(12)15(9-13)22-18(25)19(23)26/h1-5,8-9,14H,6-7,10H2,(H,21,24)(H,22,25). The summed E-state index contributed by atoms with van der Waals surface area (Å²) < 4.78 is 2.39. The van der Waals surface area contributed by atoms with E-state index in [1.807, 2.05) is 12.1 Å². The third kappa shape index (κ3) is 2.88. The highest BCUT2D eigenvalue weighted by Gasteiger charge is 2.25. The number of carbonyl (C=O) groups excluding carboxylic acids is 1. The Labute approximate surface area is 157 Å². The molecule has 0 bridgehead atoms. The molecular formula is C19H16BrN3O3. The normalized spacial score (nSPS) is 15.8. The Morgan fingerprint density at radius 3 is 2.77 bits per heavy atom. The zero-order valence-electron chi connectivity index (χ0n) is 13.8. The van der Waals surface area contributed by atoms with E-state index in [4.69, 9.17) is 0 Å². The van der Waals surface area contributed by atoms with E-state index in [9.17, 15) is 14.4 Å². The van der Waals surface area contributed by atoms with E-state index >= 15 is 0 Å². The molecule has 1 aliphatic rings. The maximum atomic E-state index is 12.5. The van der Waals surface area contributed by atoms with Crippen molar-refractivity contribution in [2.45, 2.75) is 18.9 Å². The number of amides is 1. The zero-order valence-corrected chi connectivity index (χ0v) is 15.4. The Morgan fingerprint density at radius 2 is 2.00 bits per heavy atom. The molecule has 0 saturated heterocycles. The van der Waals surface area contributed by atoms with Gasteiger partial charge in [0.05, 0.1) is 17.1 Å². The molecule has 0 aliphatic carbocycles. The monoisotopic (exact) mass is 413 g/mol. The number of aryl methyl sites for hydroxylation is 1. The molecule has 1 aromatic heterocycles. The number of aromatic nitrogens is 2. The van der Waals surface area contributed by atoms with Crippen LogP contribution in [-0.4, -0.2) is 22.0 Å². The second kappa shape index (κ2) is 6.57. The van der Waals surface area contributed by atoms with Gasteiger partial charge in [0.25, 0.3) is 5.91 Å². The molecule has 2 heterocycles. The highest BCUT2D eigenvalue weighted by atomic mass is 79.9. The summed E-state index contributed by atoms with van der Waals surface area (Å²) in [7, 11) is 0. The van der Waals surface area contributed by atoms with Crippen LogP contribution >= 0.6 is 15.9 Å². The van der Waals surface area contributed by atoms with Crippen molar-refractivity contribution in [3.05, 3.63) is 78.8 Å². The summed E-state index contributed by atoms with van der Waals surface area (Å²) in [5.41, 5.74) is 1.70. The van der Waals surface area contributed by atoms with Gasteiger partial charge in [-0.2, -0.15) is 0 Å². The van der Waals surface area contributed by atoms with Crippen LogP contribution in [0.2, 0.25) is 0 Å². The van der Waals surface area contributed by atoms with Crippen LogP contribution in [0.4, 0.5) is 0 Å². The number of benzene rings is 2. The van der Waals surface area contributed by atoms with Gasteiger partial charge < -0.3 is 10.3 Å². The molecule has 1 unspecified atom stereocenters. The van der Waals surface area contributed by atoms with Gasteiger partial charge in [-0.05, 0) is 42.7 Å². The fraction of sp³-hybridized carbons (Fsp3) is 0.211. The molecule has 1 atom stereocenters. The van der Waals surface area contributed by atoms with Gasteiger partial charge >= 0.3 is 11.1 Å². The van der Waals surface area contributed by atoms with Gasteiger partial charge in [0.1, 0.15) is 0 Å². The van der Waals surface area contributed by atoms with E-state index in [0.29, 0.717) is 24.0 Å². The minimum absolute atomic E-state index is 0.193. The van der Waals surface area contributed by atoms with Crippen LogP contribution in [0, 0.1) is 0 Å². The fourth-order valence-corrected chi connectivity index (χ4v) is 4.01. The molecule has 0 spiro atoms. The number of H-pyrrole nitrogens is 1. The lowest BCUT2D eigenvalue weighted by atomic mass is 9.98. The molecule has 4 rings (SSSR count). The number of rotatable bonds is 3. The van der Waals surface area contributed by atoms with Crippen LogP contribution in [0.15, 0.2) is 56.5 Å². The van der Waals surface area contributed by atoms with Gasteiger partial charge in [-0.1, -0.05) is 34.1 Å². The number of hydrogen-bond acceptors (Lipinski definition) is 3. The highest BCUT2D eigenvalue weighted by molar-refractivity contribution is 9.10. The molecule has 1 aliphatic heterocycles. The molecule has 2 aromatic carbocycles. The van der Waals surface area contributed by atoms with E-state index in [-0.39, 0.29) is 11.9 Å². The van der Waals surface area contributed by atoms with Gasteiger partial charge in [-0.15, -0.1) is 0 Å². The van der Waals surface area contributed by atoms with Crippen molar-refractivity contribution in [1.29, 1.82) is 0 Å². The Hall–Kier alpha value is -2.67. The lowest BCUT2D eigenvalue weighted by Crippen LogP contribution is -2.43. The van der Waals surface area contributed by atoms with Crippen LogP contribution in [-0.2, 0) is 6.42 Å². The molecule has 2 N–H and O–H groups in total. The van der Waals surface area contributed by atoms with Crippen LogP contribution < -0.4 is 16.4 Å². The number of nitrogens with zero attached hydrogens (tertiary/aromatic N) is 1. The first-order valence-corrected chi connectivity index (χ1v) is 9.14. The van der Waals surface area contributed by atoms with Crippen molar-refractivity contribution in [3.8, 4) is 0 Å². The van der Waals surface area contributed by atoms with Gasteiger partial charge in [0.15, 0.2) is 0 Å². The number of carbonyl (C=O) groups is 1. The second-order valence-electron chi connectivity index (χ2n) is 6.36. The molecule has 3 aromatic rings.